The number of benzene rings is 2. The zero-order chi connectivity index (χ0) is 19.3. The first-order valence-corrected chi connectivity index (χ1v) is 8.92. The highest BCUT2D eigenvalue weighted by molar-refractivity contribution is 6.38. The Labute approximate surface area is 182 Å². The summed E-state index contributed by atoms with van der Waals surface area (Å²) in [4.78, 5) is 14.4. The highest BCUT2D eigenvalue weighted by Gasteiger charge is 2.12. The molecular weight excluding hydrogens is 455 g/mol. The molecule has 0 fully saturated rings. The molecule has 0 saturated heterocycles. The van der Waals surface area contributed by atoms with E-state index in [0.717, 1.165) is 10.9 Å². The van der Waals surface area contributed by atoms with E-state index in [9.17, 15) is 4.79 Å². The van der Waals surface area contributed by atoms with E-state index in [2.05, 4.69) is 10.4 Å². The number of anilines is 1. The Balaban J connectivity index is 0.000000288. The van der Waals surface area contributed by atoms with E-state index in [1.807, 2.05) is 0 Å². The van der Waals surface area contributed by atoms with E-state index in [1.165, 1.54) is 0 Å². The first kappa shape index (κ1) is 23.7. The molecule has 3 aromatic rings. The molecule has 0 aliphatic carbocycles. The molecule has 0 radical (unpaired) electrons. The van der Waals surface area contributed by atoms with Gasteiger partial charge in [-0.2, -0.15) is 0 Å². The average molecular weight is 472 g/mol. The van der Waals surface area contributed by atoms with Crippen LogP contribution in [-0.2, 0) is 4.74 Å². The second-order valence-electron chi connectivity index (χ2n) is 5.05. The van der Waals surface area contributed by atoms with Crippen LogP contribution in [0.2, 0.25) is 20.1 Å². The number of aromatic amines is 1. The number of ether oxygens (including phenoxy) is 1. The fourth-order valence-electron chi connectivity index (χ4n) is 2.12. The Morgan fingerprint density at radius 3 is 2.19 bits per heavy atom. The van der Waals surface area contributed by atoms with Crippen LogP contribution in [-0.4, -0.2) is 17.6 Å². The third-order valence-corrected chi connectivity index (χ3v) is 4.14. The fraction of sp³-hybridized carbons (Fsp3) is 0.118. The third kappa shape index (κ3) is 6.64. The normalized spacial score (nSPS) is 9.85. The molecule has 0 saturated carbocycles. The predicted octanol–water partition coefficient (Wildman–Crippen LogP) is 6.35. The molecular formula is C17H16Cl5N3O2. The number of H-pyrrole nitrogens is 1. The Bertz CT molecular complexity index is 910. The number of nitrogens with one attached hydrogen (secondary N) is 2. The Kier molecular flexibility index (Phi) is 9.53. The van der Waals surface area contributed by atoms with Gasteiger partial charge in [0.25, 0.3) is 0 Å². The van der Waals surface area contributed by atoms with Gasteiger partial charge >= 0.3 is 5.97 Å². The Hall–Kier alpha value is -1.34. The lowest BCUT2D eigenvalue weighted by Gasteiger charge is -1.99. The van der Waals surface area contributed by atoms with Crippen molar-refractivity contribution in [3.63, 3.8) is 0 Å². The van der Waals surface area contributed by atoms with E-state index < -0.39 is 5.97 Å². The maximum Gasteiger partial charge on any atom is 0.354 e. The number of fused-ring (bicyclic) bond motifs is 1. The molecule has 1 heterocycles. The average Bonchev–Trinajstić information content (AvgIpc) is 2.99. The number of nitrogen functional groups attached to an aromatic ring is 1. The van der Waals surface area contributed by atoms with Crippen molar-refractivity contribution in [3.05, 3.63) is 62.2 Å². The van der Waals surface area contributed by atoms with Crippen molar-refractivity contribution in [3.8, 4) is 0 Å². The molecule has 0 amide bonds. The summed E-state index contributed by atoms with van der Waals surface area (Å²) in [6.45, 7) is 2.09. The van der Waals surface area contributed by atoms with Crippen molar-refractivity contribution in [1.29, 1.82) is 0 Å². The quantitative estimate of drug-likeness (QED) is 0.236. The molecule has 0 unspecified atom stereocenters. The van der Waals surface area contributed by atoms with Gasteiger partial charge in [0, 0.05) is 26.0 Å². The summed E-state index contributed by atoms with van der Waals surface area (Å²) in [6, 6.07) is 10.0. The molecule has 0 aliphatic rings. The van der Waals surface area contributed by atoms with Crippen LogP contribution in [0.1, 0.15) is 17.4 Å². The lowest BCUT2D eigenvalue weighted by molar-refractivity contribution is 0.0520. The van der Waals surface area contributed by atoms with Crippen LogP contribution in [0.15, 0.2) is 36.4 Å². The lowest BCUT2D eigenvalue weighted by Crippen LogP contribution is -2.06. The number of halogens is 5. The molecule has 146 valence electrons. The summed E-state index contributed by atoms with van der Waals surface area (Å²) in [5, 5.41) is 2.93. The van der Waals surface area contributed by atoms with Crippen LogP contribution in [0.25, 0.3) is 10.9 Å². The molecule has 4 N–H and O–H groups in total. The Morgan fingerprint density at radius 2 is 1.63 bits per heavy atom. The summed E-state index contributed by atoms with van der Waals surface area (Å²) in [5.41, 5.74) is 4.24. The predicted molar refractivity (Wildman–Crippen MR) is 116 cm³/mol. The van der Waals surface area contributed by atoms with Gasteiger partial charge in [-0.1, -0.05) is 46.4 Å². The summed E-state index contributed by atoms with van der Waals surface area (Å²) in [5.74, 6) is 4.72. The van der Waals surface area contributed by atoms with Crippen LogP contribution in [0, 0.1) is 0 Å². The van der Waals surface area contributed by atoms with Crippen molar-refractivity contribution < 1.29 is 9.53 Å². The molecule has 0 aliphatic heterocycles. The van der Waals surface area contributed by atoms with Gasteiger partial charge in [0.05, 0.1) is 17.3 Å². The van der Waals surface area contributed by atoms with Gasteiger partial charge in [-0.05, 0) is 43.3 Å². The molecule has 27 heavy (non-hydrogen) atoms. The van der Waals surface area contributed by atoms with Gasteiger partial charge in [-0.25, -0.2) is 4.79 Å². The number of rotatable bonds is 3. The molecule has 3 rings (SSSR count). The van der Waals surface area contributed by atoms with Crippen molar-refractivity contribution >= 4 is 81.4 Å². The summed E-state index contributed by atoms with van der Waals surface area (Å²) >= 11 is 23.2. The largest absolute Gasteiger partial charge is 0.461 e. The topological polar surface area (TPSA) is 80.1 Å². The molecule has 0 atom stereocenters. The van der Waals surface area contributed by atoms with Crippen LogP contribution >= 0.6 is 58.8 Å². The van der Waals surface area contributed by atoms with Crippen LogP contribution in [0.4, 0.5) is 5.69 Å². The third-order valence-electron chi connectivity index (χ3n) is 3.18. The van der Waals surface area contributed by atoms with Gasteiger partial charge in [0.15, 0.2) is 0 Å². The standard InChI is InChI=1S/C11H9Cl2NO2.C6H6Cl2N2.ClH/c1-2-16-11(15)10-5-7-8(13)3-6(12)4-9(7)14-10;7-4-1-5(8)3-6(2-4)10-9;/h3-5,14H,2H2,1H3;1-3,10H,9H2;1H. The van der Waals surface area contributed by atoms with E-state index >= 15 is 0 Å². The van der Waals surface area contributed by atoms with Crippen molar-refractivity contribution in [2.75, 3.05) is 12.0 Å². The van der Waals surface area contributed by atoms with Gasteiger partial charge in [0.2, 0.25) is 0 Å². The van der Waals surface area contributed by atoms with E-state index in [4.69, 9.17) is 57.0 Å². The molecule has 10 heteroatoms. The molecule has 2 aromatic carbocycles. The van der Waals surface area contributed by atoms with E-state index in [0.29, 0.717) is 38.1 Å². The highest BCUT2D eigenvalue weighted by Crippen LogP contribution is 2.28. The molecule has 1 aromatic heterocycles. The van der Waals surface area contributed by atoms with Gasteiger partial charge in [-0.15, -0.1) is 12.4 Å². The number of hydrogen-bond donors (Lipinski definition) is 3. The highest BCUT2D eigenvalue weighted by atomic mass is 35.5. The number of esters is 1. The Morgan fingerprint density at radius 1 is 1.04 bits per heavy atom. The first-order chi connectivity index (χ1) is 12.3. The first-order valence-electron chi connectivity index (χ1n) is 7.41. The molecule has 0 bridgehead atoms. The number of hydrazine groups is 1. The number of carbonyl (C=O) groups is 1. The van der Waals surface area contributed by atoms with Crippen molar-refractivity contribution in [2.24, 2.45) is 5.84 Å². The van der Waals surface area contributed by atoms with E-state index in [-0.39, 0.29) is 12.4 Å². The maximum absolute atomic E-state index is 11.5. The van der Waals surface area contributed by atoms with Crippen LogP contribution in [0.3, 0.4) is 0 Å². The number of carbonyl (C=O) groups excluding carboxylic acids is 1. The smallest absolute Gasteiger partial charge is 0.354 e. The van der Waals surface area contributed by atoms with Gasteiger partial charge in [0.1, 0.15) is 5.69 Å². The number of nitrogens with two attached hydrogens (primary N) is 1. The summed E-state index contributed by atoms with van der Waals surface area (Å²) in [7, 11) is 0. The minimum atomic E-state index is -0.397. The van der Waals surface area contributed by atoms with E-state index in [1.54, 1.807) is 43.3 Å². The zero-order valence-electron chi connectivity index (χ0n) is 14.0. The van der Waals surface area contributed by atoms with Crippen LogP contribution in [0.5, 0.6) is 0 Å². The van der Waals surface area contributed by atoms with Crippen molar-refractivity contribution in [1.82, 2.24) is 4.98 Å². The number of hydrogen-bond acceptors (Lipinski definition) is 4. The maximum atomic E-state index is 11.5. The second-order valence-corrected chi connectivity index (χ2v) is 6.77. The van der Waals surface area contributed by atoms with Gasteiger partial charge < -0.3 is 15.1 Å². The summed E-state index contributed by atoms with van der Waals surface area (Å²) in [6.07, 6.45) is 0. The number of aromatic nitrogens is 1. The van der Waals surface area contributed by atoms with Gasteiger partial charge in [-0.3, -0.25) is 5.84 Å². The molecule has 5 nitrogen and oxygen atoms in total. The SMILES string of the molecule is CCOC(=O)c1cc2c(Cl)cc(Cl)cc2[nH]1.Cl.NNc1cc(Cl)cc(Cl)c1. The fourth-order valence-corrected chi connectivity index (χ4v) is 3.19. The lowest BCUT2D eigenvalue weighted by atomic mass is 10.2. The minimum Gasteiger partial charge on any atom is -0.461 e. The zero-order valence-corrected chi connectivity index (χ0v) is 17.8. The minimum absolute atomic E-state index is 0. The summed E-state index contributed by atoms with van der Waals surface area (Å²) < 4.78 is 4.88. The van der Waals surface area contributed by atoms with Crippen molar-refractivity contribution in [2.45, 2.75) is 6.92 Å². The second kappa shape index (κ2) is 10.9. The molecule has 0 spiro atoms. The monoisotopic (exact) mass is 469 g/mol. The van der Waals surface area contributed by atoms with Crippen LogP contribution < -0.4 is 11.3 Å².